The highest BCUT2D eigenvalue weighted by Crippen LogP contribution is 2.32. The number of H-pyrrole nitrogens is 1. The van der Waals surface area contributed by atoms with E-state index < -0.39 is 0 Å². The van der Waals surface area contributed by atoms with Crippen molar-refractivity contribution in [2.24, 2.45) is 0 Å². The van der Waals surface area contributed by atoms with Crippen LogP contribution in [0, 0.1) is 6.92 Å². The monoisotopic (exact) mass is 363 g/mol. The maximum Gasteiger partial charge on any atom is 0.197 e. The van der Waals surface area contributed by atoms with E-state index in [4.69, 9.17) is 27.9 Å². The SMILES string of the molecule is CCCOc1ccc(C)c2c(=O)c(C3=C(Cl)CC(Cl)C=C3)c[nH]c12. The Morgan fingerprint density at radius 3 is 2.88 bits per heavy atom. The molecule has 1 unspecified atom stereocenters. The first-order chi connectivity index (χ1) is 11.5. The number of aryl methyl sites for hydroxylation is 1. The minimum atomic E-state index is -0.128. The van der Waals surface area contributed by atoms with E-state index in [1.165, 1.54) is 0 Å². The Morgan fingerprint density at radius 2 is 2.17 bits per heavy atom. The van der Waals surface area contributed by atoms with Crippen molar-refractivity contribution in [1.29, 1.82) is 0 Å². The molecule has 0 saturated carbocycles. The fourth-order valence-corrected chi connectivity index (χ4v) is 3.51. The Labute approximate surface area is 150 Å². The minimum absolute atomic E-state index is 0.0472. The number of aromatic amines is 1. The first-order valence-electron chi connectivity index (χ1n) is 8.02. The molecule has 1 atom stereocenters. The molecule has 1 N–H and O–H groups in total. The van der Waals surface area contributed by atoms with Crippen LogP contribution in [-0.4, -0.2) is 17.0 Å². The van der Waals surface area contributed by atoms with E-state index >= 15 is 0 Å². The van der Waals surface area contributed by atoms with Crippen LogP contribution in [0.3, 0.4) is 0 Å². The maximum absolute atomic E-state index is 13.1. The van der Waals surface area contributed by atoms with Crippen LogP contribution in [0.2, 0.25) is 0 Å². The number of hydrogen-bond donors (Lipinski definition) is 1. The zero-order valence-electron chi connectivity index (χ0n) is 13.7. The summed E-state index contributed by atoms with van der Waals surface area (Å²) in [5.74, 6) is 0.696. The molecule has 0 amide bonds. The van der Waals surface area contributed by atoms with E-state index in [9.17, 15) is 4.79 Å². The number of nitrogens with one attached hydrogen (secondary N) is 1. The summed E-state index contributed by atoms with van der Waals surface area (Å²) >= 11 is 12.4. The normalized spacial score (nSPS) is 17.6. The molecular formula is C19H19Cl2NO2. The molecule has 24 heavy (non-hydrogen) atoms. The lowest BCUT2D eigenvalue weighted by Gasteiger charge is -2.16. The number of alkyl halides is 1. The summed E-state index contributed by atoms with van der Waals surface area (Å²) in [7, 11) is 0. The number of rotatable bonds is 4. The van der Waals surface area contributed by atoms with Crippen molar-refractivity contribution in [3.63, 3.8) is 0 Å². The summed E-state index contributed by atoms with van der Waals surface area (Å²) in [6.45, 7) is 4.58. The Kier molecular flexibility index (Phi) is 5.02. The summed E-state index contributed by atoms with van der Waals surface area (Å²) in [4.78, 5) is 16.3. The molecule has 3 rings (SSSR count). The predicted molar refractivity (Wildman–Crippen MR) is 101 cm³/mol. The van der Waals surface area contributed by atoms with Gasteiger partial charge in [-0.25, -0.2) is 0 Å². The number of halogens is 2. The first-order valence-corrected chi connectivity index (χ1v) is 8.83. The van der Waals surface area contributed by atoms with Crippen LogP contribution in [0.15, 0.2) is 40.3 Å². The van der Waals surface area contributed by atoms with Crippen molar-refractivity contribution >= 4 is 39.7 Å². The highest BCUT2D eigenvalue weighted by molar-refractivity contribution is 6.34. The average molecular weight is 364 g/mol. The molecule has 1 aliphatic rings. The van der Waals surface area contributed by atoms with Crippen molar-refractivity contribution in [1.82, 2.24) is 4.98 Å². The molecular weight excluding hydrogens is 345 g/mol. The molecule has 0 bridgehead atoms. The van der Waals surface area contributed by atoms with Gasteiger partial charge < -0.3 is 9.72 Å². The topological polar surface area (TPSA) is 42.1 Å². The second-order valence-electron chi connectivity index (χ2n) is 5.91. The summed E-state index contributed by atoms with van der Waals surface area (Å²) in [5, 5.41) is 1.12. The van der Waals surface area contributed by atoms with Crippen LogP contribution >= 0.6 is 23.2 Å². The van der Waals surface area contributed by atoms with Gasteiger partial charge in [-0.3, -0.25) is 4.79 Å². The van der Waals surface area contributed by atoms with Gasteiger partial charge in [-0.05, 0) is 25.0 Å². The number of aromatic nitrogens is 1. The molecule has 0 fully saturated rings. The predicted octanol–water partition coefficient (Wildman–Crippen LogP) is 5.14. The van der Waals surface area contributed by atoms with Crippen LogP contribution in [0.4, 0.5) is 0 Å². The molecule has 0 spiro atoms. The van der Waals surface area contributed by atoms with Crippen LogP contribution < -0.4 is 10.2 Å². The highest BCUT2D eigenvalue weighted by Gasteiger charge is 2.19. The van der Waals surface area contributed by atoms with E-state index in [0.29, 0.717) is 34.8 Å². The maximum atomic E-state index is 13.1. The Morgan fingerprint density at radius 1 is 1.38 bits per heavy atom. The van der Waals surface area contributed by atoms with Crippen LogP contribution in [0.25, 0.3) is 16.5 Å². The van der Waals surface area contributed by atoms with Gasteiger partial charge in [-0.2, -0.15) is 0 Å². The van der Waals surface area contributed by atoms with Crippen LogP contribution in [-0.2, 0) is 0 Å². The Bertz CT molecular complexity index is 896. The van der Waals surface area contributed by atoms with E-state index in [2.05, 4.69) is 4.98 Å². The van der Waals surface area contributed by atoms with Crippen LogP contribution in [0.1, 0.15) is 30.9 Å². The molecule has 126 valence electrons. The number of fused-ring (bicyclic) bond motifs is 1. The van der Waals surface area contributed by atoms with Crippen molar-refractivity contribution in [2.45, 2.75) is 32.1 Å². The van der Waals surface area contributed by atoms with Gasteiger partial charge in [0.15, 0.2) is 5.43 Å². The summed E-state index contributed by atoms with van der Waals surface area (Å²) < 4.78 is 5.76. The van der Waals surface area contributed by atoms with Gasteiger partial charge in [0.25, 0.3) is 0 Å². The Balaban J connectivity index is 2.19. The molecule has 0 aliphatic heterocycles. The summed E-state index contributed by atoms with van der Waals surface area (Å²) in [5.41, 5.74) is 2.88. The van der Waals surface area contributed by atoms with E-state index in [0.717, 1.165) is 23.1 Å². The van der Waals surface area contributed by atoms with Gasteiger partial charge in [0.05, 0.1) is 22.9 Å². The third-order valence-electron chi connectivity index (χ3n) is 4.10. The lowest BCUT2D eigenvalue weighted by atomic mass is 9.97. The zero-order chi connectivity index (χ0) is 17.3. The van der Waals surface area contributed by atoms with Gasteiger partial charge in [-0.1, -0.05) is 36.7 Å². The molecule has 1 heterocycles. The van der Waals surface area contributed by atoms with Gasteiger partial charge >= 0.3 is 0 Å². The molecule has 0 saturated heterocycles. The summed E-state index contributed by atoms with van der Waals surface area (Å²) in [6.07, 6.45) is 6.84. The number of pyridine rings is 1. The summed E-state index contributed by atoms with van der Waals surface area (Å²) in [6, 6.07) is 3.81. The largest absolute Gasteiger partial charge is 0.491 e. The fraction of sp³-hybridized carbons (Fsp3) is 0.316. The molecule has 2 aromatic rings. The molecule has 1 aliphatic carbocycles. The smallest absolute Gasteiger partial charge is 0.197 e. The molecule has 0 radical (unpaired) electrons. The fourth-order valence-electron chi connectivity index (χ4n) is 2.88. The number of benzene rings is 1. The highest BCUT2D eigenvalue weighted by atomic mass is 35.5. The van der Waals surface area contributed by atoms with Crippen LogP contribution in [0.5, 0.6) is 5.75 Å². The van der Waals surface area contributed by atoms with E-state index in [1.54, 1.807) is 6.20 Å². The molecule has 1 aromatic heterocycles. The lowest BCUT2D eigenvalue weighted by Crippen LogP contribution is -2.13. The van der Waals surface area contributed by atoms with E-state index in [1.807, 2.05) is 38.1 Å². The standard InChI is InChI=1S/C19H19Cl2NO2/c1-3-8-24-16-7-4-11(2)17-18(16)22-10-14(19(17)23)13-6-5-12(20)9-15(13)21/h4-7,10,12H,3,8-9H2,1-2H3,(H,22,23). The van der Waals surface area contributed by atoms with Crippen molar-refractivity contribution in [3.05, 3.63) is 56.9 Å². The number of allylic oxidation sites excluding steroid dienone is 4. The van der Waals surface area contributed by atoms with Gasteiger partial charge in [-0.15, -0.1) is 11.6 Å². The van der Waals surface area contributed by atoms with Crippen molar-refractivity contribution in [3.8, 4) is 5.75 Å². The van der Waals surface area contributed by atoms with Gasteiger partial charge in [0.2, 0.25) is 0 Å². The second kappa shape index (κ2) is 7.04. The number of hydrogen-bond acceptors (Lipinski definition) is 2. The molecule has 3 nitrogen and oxygen atoms in total. The number of ether oxygens (including phenoxy) is 1. The third kappa shape index (κ3) is 3.11. The van der Waals surface area contributed by atoms with Gasteiger partial charge in [0.1, 0.15) is 5.75 Å². The average Bonchev–Trinajstić information content (AvgIpc) is 2.55. The lowest BCUT2D eigenvalue weighted by molar-refractivity contribution is 0.320. The third-order valence-corrected chi connectivity index (χ3v) is 4.76. The molecule has 1 aromatic carbocycles. The van der Waals surface area contributed by atoms with Gasteiger partial charge in [0, 0.05) is 28.8 Å². The quantitative estimate of drug-likeness (QED) is 0.763. The minimum Gasteiger partial charge on any atom is -0.491 e. The van der Waals surface area contributed by atoms with Crippen molar-refractivity contribution < 1.29 is 4.74 Å². The Hall–Kier alpha value is -1.71. The molecule has 5 heteroatoms. The van der Waals surface area contributed by atoms with Crippen molar-refractivity contribution in [2.75, 3.05) is 6.61 Å². The second-order valence-corrected chi connectivity index (χ2v) is 6.93. The zero-order valence-corrected chi connectivity index (χ0v) is 15.2. The first kappa shape index (κ1) is 17.1. The van der Waals surface area contributed by atoms with E-state index in [-0.39, 0.29) is 10.8 Å².